The van der Waals surface area contributed by atoms with Gasteiger partial charge in [-0.1, -0.05) is 0 Å². The predicted octanol–water partition coefficient (Wildman–Crippen LogP) is 0.630. The van der Waals surface area contributed by atoms with Gasteiger partial charge < -0.3 is 24.9 Å². The normalized spacial score (nSPS) is 24.3. The minimum Gasteiger partial charge on any atom is -0.480 e. The van der Waals surface area contributed by atoms with Crippen LogP contribution in [0.25, 0.3) is 0 Å². The molecule has 0 aromatic carbocycles. The Hall–Kier alpha value is -2.16. The van der Waals surface area contributed by atoms with E-state index in [1.807, 2.05) is 0 Å². The Kier molecular flexibility index (Phi) is 7.10. The lowest BCUT2D eigenvalue weighted by atomic mass is 10.2. The lowest BCUT2D eigenvalue weighted by Gasteiger charge is -2.27. The minimum absolute atomic E-state index is 0.146. The molecule has 2 saturated heterocycles. The first kappa shape index (κ1) is 21.5. The summed E-state index contributed by atoms with van der Waals surface area (Å²) in [5.41, 5.74) is 0. The fraction of sp³-hybridized carbons (Fsp3) is 0.800. The van der Waals surface area contributed by atoms with Crippen LogP contribution in [0.2, 0.25) is 0 Å². The monoisotopic (exact) mass is 409 g/mol. The van der Waals surface area contributed by atoms with Gasteiger partial charge in [-0.3, -0.25) is 9.59 Å². The molecule has 2 atom stereocenters. The molecule has 3 rings (SSSR count). The number of hydrogen-bond acceptors (Lipinski definition) is 5. The topological polar surface area (TPSA) is 118 Å². The lowest BCUT2D eigenvalue weighted by molar-refractivity contribution is -0.148. The molecular weight excluding hydrogens is 378 g/mol. The number of carboxylic acid groups (broad SMARTS) is 2. The van der Waals surface area contributed by atoms with Crippen LogP contribution in [0.5, 0.6) is 0 Å². The summed E-state index contributed by atoms with van der Waals surface area (Å²) in [6, 6.07) is -1.44. The van der Waals surface area contributed by atoms with Crippen molar-refractivity contribution < 1.29 is 29.4 Å². The van der Waals surface area contributed by atoms with Gasteiger partial charge in [0.2, 0.25) is 11.8 Å². The zero-order valence-corrected chi connectivity index (χ0v) is 16.8. The molecule has 162 valence electrons. The summed E-state index contributed by atoms with van der Waals surface area (Å²) < 4.78 is 0. The van der Waals surface area contributed by atoms with E-state index >= 15 is 0 Å². The Bertz CT molecular complexity index is 602. The van der Waals surface area contributed by atoms with E-state index in [2.05, 4.69) is 4.90 Å². The number of rotatable bonds is 10. The molecule has 29 heavy (non-hydrogen) atoms. The van der Waals surface area contributed by atoms with Crippen molar-refractivity contribution in [3.63, 3.8) is 0 Å². The number of aliphatic carboxylic acids is 2. The second-order valence-corrected chi connectivity index (χ2v) is 8.41. The van der Waals surface area contributed by atoms with Crippen LogP contribution in [0.1, 0.15) is 51.4 Å². The van der Waals surface area contributed by atoms with Crippen molar-refractivity contribution in [1.29, 1.82) is 0 Å². The van der Waals surface area contributed by atoms with Gasteiger partial charge in [-0.25, -0.2) is 9.59 Å². The van der Waals surface area contributed by atoms with Crippen molar-refractivity contribution in [2.75, 3.05) is 32.7 Å². The van der Waals surface area contributed by atoms with Crippen LogP contribution < -0.4 is 0 Å². The van der Waals surface area contributed by atoms with Crippen molar-refractivity contribution in [2.45, 2.75) is 63.5 Å². The van der Waals surface area contributed by atoms with Gasteiger partial charge in [-0.05, 0) is 44.4 Å². The maximum Gasteiger partial charge on any atom is 0.326 e. The number of likely N-dealkylation sites (tertiary alicyclic amines) is 2. The number of hydrogen-bond donors (Lipinski definition) is 2. The first-order chi connectivity index (χ1) is 13.9. The maximum atomic E-state index is 12.5. The molecule has 0 aromatic heterocycles. The highest BCUT2D eigenvalue weighted by Gasteiger charge is 2.35. The molecule has 0 aromatic rings. The van der Waals surface area contributed by atoms with Gasteiger partial charge in [0.05, 0.1) is 0 Å². The third-order valence-corrected chi connectivity index (χ3v) is 6.21. The van der Waals surface area contributed by atoms with Gasteiger partial charge in [0, 0.05) is 45.6 Å². The van der Waals surface area contributed by atoms with E-state index in [-0.39, 0.29) is 24.7 Å². The Morgan fingerprint density at radius 2 is 1.21 bits per heavy atom. The van der Waals surface area contributed by atoms with E-state index in [9.17, 15) is 29.4 Å². The third-order valence-electron chi connectivity index (χ3n) is 6.21. The van der Waals surface area contributed by atoms with Crippen LogP contribution in [-0.2, 0) is 19.2 Å². The van der Waals surface area contributed by atoms with E-state index in [1.165, 1.54) is 9.80 Å². The zero-order chi connectivity index (χ0) is 21.0. The zero-order valence-electron chi connectivity index (χ0n) is 16.8. The van der Waals surface area contributed by atoms with Crippen molar-refractivity contribution >= 4 is 23.8 Å². The quantitative estimate of drug-likeness (QED) is 0.543. The van der Waals surface area contributed by atoms with E-state index in [4.69, 9.17) is 0 Å². The molecule has 0 radical (unpaired) electrons. The predicted molar refractivity (Wildman–Crippen MR) is 103 cm³/mol. The summed E-state index contributed by atoms with van der Waals surface area (Å²) >= 11 is 0. The van der Waals surface area contributed by atoms with Crippen LogP contribution in [0.4, 0.5) is 0 Å². The summed E-state index contributed by atoms with van der Waals surface area (Å²) in [6.45, 7) is 2.79. The van der Waals surface area contributed by atoms with Crippen molar-refractivity contribution in [3.8, 4) is 0 Å². The molecule has 0 bridgehead atoms. The molecule has 1 aliphatic carbocycles. The fourth-order valence-electron chi connectivity index (χ4n) is 4.40. The van der Waals surface area contributed by atoms with Crippen LogP contribution >= 0.6 is 0 Å². The third kappa shape index (κ3) is 5.68. The van der Waals surface area contributed by atoms with Gasteiger partial charge in [-0.2, -0.15) is 0 Å². The van der Waals surface area contributed by atoms with E-state index in [1.54, 1.807) is 0 Å². The van der Waals surface area contributed by atoms with Gasteiger partial charge >= 0.3 is 11.9 Å². The first-order valence-corrected chi connectivity index (χ1v) is 10.6. The molecule has 3 aliphatic rings. The molecule has 2 aliphatic heterocycles. The average Bonchev–Trinajstić information content (AvgIpc) is 3.16. The van der Waals surface area contributed by atoms with Crippen molar-refractivity contribution in [2.24, 2.45) is 5.92 Å². The molecule has 3 fully saturated rings. The molecule has 1 saturated carbocycles. The van der Waals surface area contributed by atoms with E-state index in [0.29, 0.717) is 57.8 Å². The molecule has 0 spiro atoms. The SMILES string of the molecule is O=C(O)C1CCCN1C(=O)CCN(CCC(=O)N1CCCC1C(=O)O)CC1CC1. The summed E-state index contributed by atoms with van der Waals surface area (Å²) in [6.07, 6.45) is 5.22. The largest absolute Gasteiger partial charge is 0.480 e. The minimum atomic E-state index is -0.949. The van der Waals surface area contributed by atoms with Gasteiger partial charge in [0.25, 0.3) is 0 Å². The fourth-order valence-corrected chi connectivity index (χ4v) is 4.40. The summed E-state index contributed by atoms with van der Waals surface area (Å²) in [5, 5.41) is 18.5. The highest BCUT2D eigenvalue weighted by molar-refractivity contribution is 5.85. The number of amides is 2. The molecule has 2 amide bonds. The first-order valence-electron chi connectivity index (χ1n) is 10.6. The lowest BCUT2D eigenvalue weighted by Crippen LogP contribution is -2.43. The number of nitrogens with zero attached hydrogens (tertiary/aromatic N) is 3. The highest BCUT2D eigenvalue weighted by atomic mass is 16.4. The summed E-state index contributed by atoms with van der Waals surface area (Å²) in [7, 11) is 0. The van der Waals surface area contributed by atoms with Crippen LogP contribution in [0.15, 0.2) is 0 Å². The summed E-state index contributed by atoms with van der Waals surface area (Å²) in [4.78, 5) is 52.7. The molecule has 2 N–H and O–H groups in total. The van der Waals surface area contributed by atoms with Crippen molar-refractivity contribution in [3.05, 3.63) is 0 Å². The second-order valence-electron chi connectivity index (χ2n) is 8.41. The molecule has 9 heteroatoms. The molecule has 2 heterocycles. The Balaban J connectivity index is 1.49. The number of carbonyl (C=O) groups is 4. The van der Waals surface area contributed by atoms with Gasteiger partial charge in [0.15, 0.2) is 0 Å². The standard InChI is InChI=1S/C20H31N3O6/c24-17(22-9-1-3-15(22)19(26)27)7-11-21(13-14-5-6-14)12-8-18(25)23-10-2-4-16(23)20(28)29/h14-16H,1-13H2,(H,26,27)(H,28,29). The van der Waals surface area contributed by atoms with Crippen molar-refractivity contribution in [1.82, 2.24) is 14.7 Å². The Morgan fingerprint density at radius 1 is 0.759 bits per heavy atom. The van der Waals surface area contributed by atoms with Crippen LogP contribution in [0.3, 0.4) is 0 Å². The Labute approximate surface area is 170 Å². The van der Waals surface area contributed by atoms with Gasteiger partial charge in [-0.15, -0.1) is 0 Å². The average molecular weight is 409 g/mol. The van der Waals surface area contributed by atoms with E-state index < -0.39 is 24.0 Å². The molecule has 2 unspecified atom stereocenters. The van der Waals surface area contributed by atoms with E-state index in [0.717, 1.165) is 19.4 Å². The summed E-state index contributed by atoms with van der Waals surface area (Å²) in [5.74, 6) is -1.60. The smallest absolute Gasteiger partial charge is 0.326 e. The molecular formula is C20H31N3O6. The Morgan fingerprint density at radius 3 is 1.59 bits per heavy atom. The number of carbonyl (C=O) groups excluding carboxylic acids is 2. The van der Waals surface area contributed by atoms with Crippen LogP contribution in [-0.4, -0.2) is 93.5 Å². The molecule has 9 nitrogen and oxygen atoms in total. The van der Waals surface area contributed by atoms with Gasteiger partial charge in [0.1, 0.15) is 12.1 Å². The number of carboxylic acids is 2. The second kappa shape index (κ2) is 9.56. The highest BCUT2D eigenvalue weighted by Crippen LogP contribution is 2.30. The maximum absolute atomic E-state index is 12.5. The van der Waals surface area contributed by atoms with Crippen LogP contribution in [0, 0.1) is 5.92 Å².